The van der Waals surface area contributed by atoms with Gasteiger partial charge in [-0.25, -0.2) is 4.39 Å². The van der Waals surface area contributed by atoms with Crippen molar-refractivity contribution >= 4 is 22.9 Å². The van der Waals surface area contributed by atoms with E-state index in [1.54, 1.807) is 12.1 Å². The number of thioether (sulfide) groups is 1. The minimum atomic E-state index is -0.186. The molecule has 2 aliphatic rings. The van der Waals surface area contributed by atoms with Gasteiger partial charge in [0.25, 0.3) is 0 Å². The summed E-state index contributed by atoms with van der Waals surface area (Å²) in [7, 11) is 0. The summed E-state index contributed by atoms with van der Waals surface area (Å²) in [6, 6.07) is 16.1. The summed E-state index contributed by atoms with van der Waals surface area (Å²) in [4.78, 5) is 0. The van der Waals surface area contributed by atoms with Crippen LogP contribution in [-0.4, -0.2) is 5.75 Å². The largest absolute Gasteiger partial charge is 0.207 e. The number of hydrogen-bond acceptors (Lipinski definition) is 1. The number of allylic oxidation sites excluding steroid dienone is 4. The van der Waals surface area contributed by atoms with Crippen LogP contribution in [0.2, 0.25) is 0 Å². The zero-order valence-electron chi connectivity index (χ0n) is 17.6. The summed E-state index contributed by atoms with van der Waals surface area (Å²) >= 11 is 2.14. The molecule has 1 heterocycles. The molecule has 0 bridgehead atoms. The Hall–Kier alpha value is -1.80. The van der Waals surface area contributed by atoms with Crippen LogP contribution >= 0.6 is 11.8 Å². The fraction of sp³-hybridized carbons (Fsp3) is 0.407. The zero-order valence-corrected chi connectivity index (χ0v) is 18.4. The van der Waals surface area contributed by atoms with Crippen LogP contribution < -0.4 is 0 Å². The Balaban J connectivity index is 1.58. The van der Waals surface area contributed by atoms with Crippen LogP contribution in [0.3, 0.4) is 0 Å². The maximum atomic E-state index is 13.4. The van der Waals surface area contributed by atoms with E-state index in [9.17, 15) is 4.39 Å². The first-order valence-electron chi connectivity index (χ1n) is 11.0. The maximum absolute atomic E-state index is 13.4. The minimum absolute atomic E-state index is 0.00532. The number of benzene rings is 2. The van der Waals surface area contributed by atoms with E-state index in [1.807, 2.05) is 12.1 Å². The van der Waals surface area contributed by atoms with Gasteiger partial charge in [-0.1, -0.05) is 88.1 Å². The molecule has 1 aliphatic carbocycles. The Morgan fingerprint density at radius 1 is 0.759 bits per heavy atom. The van der Waals surface area contributed by atoms with Crippen molar-refractivity contribution in [3.63, 3.8) is 0 Å². The van der Waals surface area contributed by atoms with Gasteiger partial charge in [-0.2, -0.15) is 11.8 Å². The molecule has 1 atom stereocenters. The van der Waals surface area contributed by atoms with Crippen molar-refractivity contribution in [2.45, 2.75) is 57.6 Å². The van der Waals surface area contributed by atoms with Crippen molar-refractivity contribution in [1.82, 2.24) is 0 Å². The summed E-state index contributed by atoms with van der Waals surface area (Å²) < 4.78 is 13.4. The third-order valence-corrected chi connectivity index (χ3v) is 7.44. The molecule has 1 saturated heterocycles. The Labute approximate surface area is 179 Å². The monoisotopic (exact) mass is 406 g/mol. The van der Waals surface area contributed by atoms with Crippen molar-refractivity contribution in [3.8, 4) is 0 Å². The standard InChI is InChI=1S/C27H31FS/c1-27(2)18-24(25(19-27)21-13-15-23(28)16-14-21)20-9-11-22(12-10-20)26-8-6-4-3-5-7-17-29-26/h9-16,18-19,26H,3-8,17H2,1-2H3. The predicted molar refractivity (Wildman–Crippen MR) is 125 cm³/mol. The van der Waals surface area contributed by atoms with Crippen LogP contribution in [0.25, 0.3) is 11.1 Å². The highest BCUT2D eigenvalue weighted by molar-refractivity contribution is 7.99. The summed E-state index contributed by atoms with van der Waals surface area (Å²) in [6.45, 7) is 4.46. The molecule has 1 aliphatic heterocycles. The normalized spacial score (nSPS) is 22.2. The summed E-state index contributed by atoms with van der Waals surface area (Å²) in [5, 5.41) is 0.628. The smallest absolute Gasteiger partial charge is 0.123 e. The Kier molecular flexibility index (Phi) is 6.29. The van der Waals surface area contributed by atoms with Gasteiger partial charge in [-0.3, -0.25) is 0 Å². The molecule has 4 rings (SSSR count). The van der Waals surface area contributed by atoms with E-state index >= 15 is 0 Å². The Morgan fingerprint density at radius 2 is 1.31 bits per heavy atom. The van der Waals surface area contributed by atoms with Gasteiger partial charge in [0.05, 0.1) is 0 Å². The van der Waals surface area contributed by atoms with Crippen LogP contribution in [0.15, 0.2) is 60.7 Å². The van der Waals surface area contributed by atoms with Crippen LogP contribution in [0.4, 0.5) is 4.39 Å². The van der Waals surface area contributed by atoms with Crippen molar-refractivity contribution < 1.29 is 4.39 Å². The first-order chi connectivity index (χ1) is 14.0. The van der Waals surface area contributed by atoms with Gasteiger partial charge in [0, 0.05) is 10.7 Å². The molecule has 0 N–H and O–H groups in total. The molecule has 2 heteroatoms. The van der Waals surface area contributed by atoms with Crippen molar-refractivity contribution in [2.75, 3.05) is 5.75 Å². The molecule has 0 spiro atoms. The second-order valence-corrected chi connectivity index (χ2v) is 10.3. The van der Waals surface area contributed by atoms with Gasteiger partial charge >= 0.3 is 0 Å². The van der Waals surface area contributed by atoms with Gasteiger partial charge in [-0.15, -0.1) is 0 Å². The third kappa shape index (κ3) is 5.04. The van der Waals surface area contributed by atoms with Crippen LogP contribution in [0.1, 0.15) is 74.3 Å². The first-order valence-corrected chi connectivity index (χ1v) is 12.0. The first kappa shape index (κ1) is 20.5. The van der Waals surface area contributed by atoms with E-state index < -0.39 is 0 Å². The topological polar surface area (TPSA) is 0 Å². The van der Waals surface area contributed by atoms with Gasteiger partial charge in [0.2, 0.25) is 0 Å². The lowest BCUT2D eigenvalue weighted by Crippen LogP contribution is -1.98. The van der Waals surface area contributed by atoms with Crippen LogP contribution in [0, 0.1) is 11.2 Å². The van der Waals surface area contributed by atoms with Gasteiger partial charge in [0.1, 0.15) is 5.82 Å². The fourth-order valence-corrected chi connectivity index (χ4v) is 5.80. The lowest BCUT2D eigenvalue weighted by molar-refractivity contribution is 0.615. The highest BCUT2D eigenvalue weighted by Gasteiger charge is 2.25. The van der Waals surface area contributed by atoms with Crippen molar-refractivity contribution in [3.05, 3.63) is 83.2 Å². The average Bonchev–Trinajstić information content (AvgIpc) is 3.11. The molecule has 0 saturated carbocycles. The van der Waals surface area contributed by atoms with Crippen molar-refractivity contribution in [2.24, 2.45) is 5.41 Å². The van der Waals surface area contributed by atoms with E-state index in [1.165, 1.54) is 66.6 Å². The molecular formula is C27H31FS. The molecule has 0 aromatic heterocycles. The minimum Gasteiger partial charge on any atom is -0.207 e. The molecule has 2 aromatic rings. The van der Waals surface area contributed by atoms with E-state index in [-0.39, 0.29) is 11.2 Å². The van der Waals surface area contributed by atoms with Crippen LogP contribution in [0.5, 0.6) is 0 Å². The van der Waals surface area contributed by atoms with E-state index in [0.29, 0.717) is 5.25 Å². The maximum Gasteiger partial charge on any atom is 0.123 e. The molecule has 152 valence electrons. The molecule has 0 amide bonds. The molecule has 1 unspecified atom stereocenters. The van der Waals surface area contributed by atoms with Gasteiger partial charge in [0.15, 0.2) is 0 Å². The summed E-state index contributed by atoms with van der Waals surface area (Å²) in [6.07, 6.45) is 12.8. The molecule has 1 fully saturated rings. The third-order valence-electron chi connectivity index (χ3n) is 6.00. The number of halogens is 1. The van der Waals surface area contributed by atoms with E-state index in [0.717, 1.165) is 5.56 Å². The van der Waals surface area contributed by atoms with E-state index in [4.69, 9.17) is 0 Å². The highest BCUT2D eigenvalue weighted by Crippen LogP contribution is 2.44. The number of rotatable bonds is 3. The second-order valence-electron chi connectivity index (χ2n) is 8.98. The SMILES string of the molecule is CC1(C)C=C(c2ccc(F)cc2)C(c2ccc(C3CCCCCCCS3)cc2)=C1. The summed E-state index contributed by atoms with van der Waals surface area (Å²) in [5.41, 5.74) is 6.27. The lowest BCUT2D eigenvalue weighted by Gasteiger charge is -2.17. The zero-order chi connectivity index (χ0) is 20.3. The number of hydrogen-bond donors (Lipinski definition) is 0. The molecule has 2 aromatic carbocycles. The van der Waals surface area contributed by atoms with Crippen molar-refractivity contribution in [1.29, 1.82) is 0 Å². The fourth-order valence-electron chi connectivity index (χ4n) is 4.46. The Bertz CT molecular complexity index is 877. The second kappa shape index (κ2) is 8.92. The average molecular weight is 407 g/mol. The van der Waals surface area contributed by atoms with Crippen LogP contribution in [-0.2, 0) is 0 Å². The summed E-state index contributed by atoms with van der Waals surface area (Å²) in [5.74, 6) is 1.09. The molecule has 29 heavy (non-hydrogen) atoms. The quantitative estimate of drug-likeness (QED) is 0.492. The van der Waals surface area contributed by atoms with E-state index in [2.05, 4.69) is 62.0 Å². The predicted octanol–water partition coefficient (Wildman–Crippen LogP) is 8.46. The molecule has 0 nitrogen and oxygen atoms in total. The highest BCUT2D eigenvalue weighted by atomic mass is 32.2. The Morgan fingerprint density at radius 3 is 1.97 bits per heavy atom. The van der Waals surface area contributed by atoms with Gasteiger partial charge < -0.3 is 0 Å². The van der Waals surface area contributed by atoms with Gasteiger partial charge in [-0.05, 0) is 58.6 Å². The lowest BCUT2D eigenvalue weighted by atomic mass is 9.93. The molecule has 0 radical (unpaired) electrons. The molecular weight excluding hydrogens is 375 g/mol.